The Morgan fingerprint density at radius 2 is 0.720 bits per heavy atom. The van der Waals surface area contributed by atoms with Crippen molar-refractivity contribution in [2.75, 3.05) is 0 Å². The van der Waals surface area contributed by atoms with Crippen LogP contribution in [0.4, 0.5) is 0 Å². The summed E-state index contributed by atoms with van der Waals surface area (Å²) in [7, 11) is 2.82. The molecule has 0 saturated carbocycles. The summed E-state index contributed by atoms with van der Waals surface area (Å²) in [5.74, 6) is 1.80. The highest BCUT2D eigenvalue weighted by molar-refractivity contribution is 6.39. The second kappa shape index (κ2) is 20.4. The molecule has 0 rings (SSSR count). The SMILES string of the molecule is CCCCCCCC([B]C(CCCC)CCCC)CCCCCCC. The average molecular weight is 349 g/mol. The van der Waals surface area contributed by atoms with Gasteiger partial charge in [0.2, 0.25) is 0 Å². The van der Waals surface area contributed by atoms with Gasteiger partial charge in [0, 0.05) is 0 Å². The van der Waals surface area contributed by atoms with Crippen molar-refractivity contribution >= 4 is 7.28 Å². The smallest absolute Gasteiger partial charge is 0.0686 e. The molecule has 0 aromatic heterocycles. The Morgan fingerprint density at radius 1 is 0.400 bits per heavy atom. The first-order valence-corrected chi connectivity index (χ1v) is 12.1. The molecule has 0 aliphatic carbocycles. The summed E-state index contributed by atoms with van der Waals surface area (Å²) in [6, 6.07) is 0. The fraction of sp³-hybridized carbons (Fsp3) is 1.00. The van der Waals surface area contributed by atoms with Gasteiger partial charge in [-0.15, -0.1) is 0 Å². The van der Waals surface area contributed by atoms with Gasteiger partial charge in [-0.1, -0.05) is 155 Å². The van der Waals surface area contributed by atoms with Gasteiger partial charge < -0.3 is 0 Å². The van der Waals surface area contributed by atoms with E-state index in [1.54, 1.807) is 0 Å². The van der Waals surface area contributed by atoms with E-state index in [4.69, 9.17) is 0 Å². The lowest BCUT2D eigenvalue weighted by atomic mass is 9.50. The zero-order valence-corrected chi connectivity index (χ0v) is 18.5. The molecule has 0 aromatic carbocycles. The maximum atomic E-state index is 2.82. The molecule has 1 radical (unpaired) electrons. The van der Waals surface area contributed by atoms with Gasteiger partial charge in [-0.2, -0.15) is 0 Å². The van der Waals surface area contributed by atoms with Gasteiger partial charge in [0.25, 0.3) is 0 Å². The Balaban J connectivity index is 4.27. The minimum absolute atomic E-state index is 0.899. The largest absolute Gasteiger partial charge is 0.117 e. The van der Waals surface area contributed by atoms with Crippen LogP contribution in [-0.4, -0.2) is 7.28 Å². The minimum Gasteiger partial charge on any atom is -0.0686 e. The lowest BCUT2D eigenvalue weighted by Gasteiger charge is -2.23. The van der Waals surface area contributed by atoms with Crippen LogP contribution in [0.15, 0.2) is 0 Å². The lowest BCUT2D eigenvalue weighted by molar-refractivity contribution is 0.527. The Morgan fingerprint density at radius 3 is 1.08 bits per heavy atom. The normalized spacial score (nSPS) is 11.6. The van der Waals surface area contributed by atoms with Crippen LogP contribution in [0.2, 0.25) is 11.6 Å². The number of unbranched alkanes of at least 4 members (excludes halogenated alkanes) is 10. The fourth-order valence-corrected chi connectivity index (χ4v) is 4.01. The van der Waals surface area contributed by atoms with Crippen molar-refractivity contribution in [1.82, 2.24) is 0 Å². The quantitative estimate of drug-likeness (QED) is 0.152. The van der Waals surface area contributed by atoms with Gasteiger partial charge in [0.05, 0.1) is 0 Å². The number of rotatable bonds is 20. The predicted molar refractivity (Wildman–Crippen MR) is 119 cm³/mol. The van der Waals surface area contributed by atoms with Crippen LogP contribution < -0.4 is 0 Å². The van der Waals surface area contributed by atoms with E-state index in [0.717, 1.165) is 11.6 Å². The van der Waals surface area contributed by atoms with Crippen LogP contribution >= 0.6 is 0 Å². The summed E-state index contributed by atoms with van der Waals surface area (Å²) < 4.78 is 0. The highest BCUT2D eigenvalue weighted by Crippen LogP contribution is 2.31. The molecule has 0 aliphatic heterocycles. The van der Waals surface area contributed by atoms with Crippen LogP contribution in [0.25, 0.3) is 0 Å². The van der Waals surface area contributed by atoms with Crippen molar-refractivity contribution < 1.29 is 0 Å². The Bertz CT molecular complexity index is 216. The molecule has 0 aromatic rings. The van der Waals surface area contributed by atoms with Crippen LogP contribution in [-0.2, 0) is 0 Å². The lowest BCUT2D eigenvalue weighted by Crippen LogP contribution is -2.12. The molecule has 0 N–H and O–H groups in total. The predicted octanol–water partition coefficient (Wildman–Crippen LogP) is 9.37. The minimum atomic E-state index is 0.899. The Kier molecular flexibility index (Phi) is 20.4. The first kappa shape index (κ1) is 25.1. The molecule has 0 unspecified atom stereocenters. The maximum Gasteiger partial charge on any atom is 0.117 e. The van der Waals surface area contributed by atoms with Gasteiger partial charge in [-0.05, 0) is 0 Å². The summed E-state index contributed by atoms with van der Waals surface area (Å²) in [4.78, 5) is 0. The molecule has 0 nitrogen and oxygen atoms in total. The topological polar surface area (TPSA) is 0 Å². The third kappa shape index (κ3) is 17.2. The summed E-state index contributed by atoms with van der Waals surface area (Å²) >= 11 is 0. The molecular weight excluding hydrogens is 299 g/mol. The maximum absolute atomic E-state index is 2.82. The Labute approximate surface area is 162 Å². The van der Waals surface area contributed by atoms with Crippen molar-refractivity contribution in [3.63, 3.8) is 0 Å². The zero-order chi connectivity index (χ0) is 18.6. The average Bonchev–Trinajstić information content (AvgIpc) is 2.63. The van der Waals surface area contributed by atoms with E-state index in [1.807, 2.05) is 0 Å². The summed E-state index contributed by atoms with van der Waals surface area (Å²) in [5, 5.41) is 0. The monoisotopic (exact) mass is 349 g/mol. The van der Waals surface area contributed by atoms with Gasteiger partial charge >= 0.3 is 0 Å². The number of hydrogen-bond donors (Lipinski definition) is 0. The molecule has 0 bridgehead atoms. The second-order valence-electron chi connectivity index (χ2n) is 8.40. The van der Waals surface area contributed by atoms with Crippen LogP contribution in [0.1, 0.15) is 143 Å². The van der Waals surface area contributed by atoms with Gasteiger partial charge in [-0.25, -0.2) is 0 Å². The fourth-order valence-electron chi connectivity index (χ4n) is 4.01. The summed E-state index contributed by atoms with van der Waals surface area (Å²) in [6.45, 7) is 9.32. The molecule has 0 aliphatic rings. The third-order valence-corrected chi connectivity index (χ3v) is 5.76. The molecule has 25 heavy (non-hydrogen) atoms. The number of hydrogen-bond acceptors (Lipinski definition) is 0. The van der Waals surface area contributed by atoms with Crippen LogP contribution in [0.5, 0.6) is 0 Å². The zero-order valence-electron chi connectivity index (χ0n) is 18.5. The van der Waals surface area contributed by atoms with Crippen LogP contribution in [0, 0.1) is 0 Å². The summed E-state index contributed by atoms with van der Waals surface area (Å²) in [5.41, 5.74) is 0. The highest BCUT2D eigenvalue weighted by atomic mass is 14.1. The van der Waals surface area contributed by atoms with Crippen LogP contribution in [0.3, 0.4) is 0 Å². The van der Waals surface area contributed by atoms with E-state index in [0.29, 0.717) is 0 Å². The second-order valence-corrected chi connectivity index (χ2v) is 8.40. The van der Waals surface area contributed by atoms with Crippen molar-refractivity contribution in [3.05, 3.63) is 0 Å². The molecule has 149 valence electrons. The molecular formula is C24H50B. The molecule has 0 saturated heterocycles. The van der Waals surface area contributed by atoms with Crippen molar-refractivity contribution in [1.29, 1.82) is 0 Å². The van der Waals surface area contributed by atoms with Gasteiger partial charge in [-0.3, -0.25) is 0 Å². The summed E-state index contributed by atoms with van der Waals surface area (Å²) in [6.07, 6.45) is 25.7. The molecule has 0 atom stereocenters. The molecule has 1 heteroatoms. The van der Waals surface area contributed by atoms with Gasteiger partial charge in [0.1, 0.15) is 7.28 Å². The first-order chi connectivity index (χ1) is 12.3. The van der Waals surface area contributed by atoms with E-state index in [1.165, 1.54) is 116 Å². The molecule has 0 heterocycles. The third-order valence-electron chi connectivity index (χ3n) is 5.76. The highest BCUT2D eigenvalue weighted by Gasteiger charge is 2.17. The van der Waals surface area contributed by atoms with E-state index in [-0.39, 0.29) is 0 Å². The van der Waals surface area contributed by atoms with Gasteiger partial charge in [0.15, 0.2) is 0 Å². The van der Waals surface area contributed by atoms with Crippen molar-refractivity contribution in [2.24, 2.45) is 0 Å². The first-order valence-electron chi connectivity index (χ1n) is 12.1. The van der Waals surface area contributed by atoms with E-state index >= 15 is 0 Å². The van der Waals surface area contributed by atoms with Crippen molar-refractivity contribution in [3.8, 4) is 0 Å². The molecule has 0 fully saturated rings. The standard InChI is InChI=1S/C24H50B/c1-5-9-13-15-17-21-24(22-18-16-14-10-6-2)25-23(19-11-7-3)20-12-8-4/h23-24H,5-22H2,1-4H3. The van der Waals surface area contributed by atoms with E-state index in [9.17, 15) is 0 Å². The Hall–Kier alpha value is 0.0649. The van der Waals surface area contributed by atoms with Crippen molar-refractivity contribution in [2.45, 2.75) is 155 Å². The van der Waals surface area contributed by atoms with E-state index in [2.05, 4.69) is 35.0 Å². The molecule has 0 spiro atoms. The van der Waals surface area contributed by atoms with E-state index < -0.39 is 0 Å². The molecule has 0 amide bonds.